The highest BCUT2D eigenvalue weighted by atomic mass is 16.6. The van der Waals surface area contributed by atoms with E-state index >= 15 is 0 Å². The average Bonchev–Trinajstić information content (AvgIpc) is 2.95. The van der Waals surface area contributed by atoms with Crippen molar-refractivity contribution in [3.8, 4) is 0 Å². The Morgan fingerprint density at radius 1 is 0.600 bits per heavy atom. The summed E-state index contributed by atoms with van der Waals surface area (Å²) < 4.78 is 11.3. The topological polar surface area (TPSA) is 52.6 Å². The Balaban J connectivity index is 2.27. The van der Waals surface area contributed by atoms with E-state index in [1.807, 2.05) is 30.3 Å². The van der Waals surface area contributed by atoms with Crippen molar-refractivity contribution in [2.75, 3.05) is 6.61 Å². The molecular weight excluding hydrogens is 496 g/mol. The van der Waals surface area contributed by atoms with Crippen LogP contribution in [0.15, 0.2) is 30.3 Å². The van der Waals surface area contributed by atoms with Gasteiger partial charge in [0.1, 0.15) is 6.10 Å². The van der Waals surface area contributed by atoms with E-state index in [2.05, 4.69) is 13.8 Å². The summed E-state index contributed by atoms with van der Waals surface area (Å²) in [5.74, 6) is -0.423. The number of benzene rings is 1. The highest BCUT2D eigenvalue weighted by Gasteiger charge is 2.19. The first-order valence-electron chi connectivity index (χ1n) is 17.0. The van der Waals surface area contributed by atoms with Gasteiger partial charge in [0.15, 0.2) is 0 Å². The van der Waals surface area contributed by atoms with Gasteiger partial charge in [-0.2, -0.15) is 0 Å². The molecule has 0 spiro atoms. The maximum atomic E-state index is 12.6. The summed E-state index contributed by atoms with van der Waals surface area (Å²) >= 11 is 0. The zero-order chi connectivity index (χ0) is 28.9. The minimum atomic E-state index is -0.367. The van der Waals surface area contributed by atoms with Gasteiger partial charge < -0.3 is 9.47 Å². The minimum absolute atomic E-state index is 0.158. The van der Waals surface area contributed by atoms with Gasteiger partial charge in [-0.1, -0.05) is 160 Å². The maximum Gasteiger partial charge on any atom is 0.309 e. The molecule has 1 atom stereocenters. The standard InChI is InChI=1S/C36H62O4/c1-3-5-7-9-11-13-14-16-18-20-25-29-35(37)40-34(28-24-19-17-15-12-10-8-6-4-2)32-36(38)39-31-30-33-26-22-21-23-27-33/h21-23,26-27,34H,3-20,24-25,28-32H2,1-2H3/t34-/m1/s1. The van der Waals surface area contributed by atoms with Crippen molar-refractivity contribution in [1.82, 2.24) is 0 Å². The molecule has 4 nitrogen and oxygen atoms in total. The van der Waals surface area contributed by atoms with Crippen LogP contribution in [-0.4, -0.2) is 24.6 Å². The predicted octanol–water partition coefficient (Wildman–Crippen LogP) is 10.7. The predicted molar refractivity (Wildman–Crippen MR) is 169 cm³/mol. The van der Waals surface area contributed by atoms with Crippen molar-refractivity contribution in [1.29, 1.82) is 0 Å². The lowest BCUT2D eigenvalue weighted by Crippen LogP contribution is -2.23. The van der Waals surface area contributed by atoms with Crippen molar-refractivity contribution in [3.63, 3.8) is 0 Å². The lowest BCUT2D eigenvalue weighted by atomic mass is 10.0. The number of carbonyl (C=O) groups excluding carboxylic acids is 2. The summed E-state index contributed by atoms with van der Waals surface area (Å²) in [4.78, 5) is 25.1. The van der Waals surface area contributed by atoms with Crippen LogP contribution in [0.3, 0.4) is 0 Å². The molecule has 0 amide bonds. The van der Waals surface area contributed by atoms with Crippen LogP contribution in [0.4, 0.5) is 0 Å². The normalized spacial score (nSPS) is 11.8. The van der Waals surface area contributed by atoms with Crippen LogP contribution in [-0.2, 0) is 25.5 Å². The molecule has 1 rings (SSSR count). The van der Waals surface area contributed by atoms with Crippen LogP contribution in [0.2, 0.25) is 0 Å². The summed E-state index contributed by atoms with van der Waals surface area (Å²) in [6.07, 6.45) is 26.8. The van der Waals surface area contributed by atoms with E-state index in [0.29, 0.717) is 19.4 Å². The summed E-state index contributed by atoms with van der Waals surface area (Å²) in [6.45, 7) is 4.87. The third-order valence-electron chi connectivity index (χ3n) is 7.80. The van der Waals surface area contributed by atoms with Gasteiger partial charge in [0.05, 0.1) is 13.0 Å². The molecule has 0 fully saturated rings. The summed E-state index contributed by atoms with van der Waals surface area (Å²) in [5, 5.41) is 0. The van der Waals surface area contributed by atoms with Gasteiger partial charge in [-0.05, 0) is 24.8 Å². The highest BCUT2D eigenvalue weighted by molar-refractivity contribution is 5.72. The van der Waals surface area contributed by atoms with Crippen molar-refractivity contribution in [2.24, 2.45) is 0 Å². The number of rotatable bonds is 28. The molecule has 0 aliphatic heterocycles. The van der Waals surface area contributed by atoms with E-state index in [1.165, 1.54) is 103 Å². The Morgan fingerprint density at radius 2 is 1.07 bits per heavy atom. The SMILES string of the molecule is CCCCCCCCCCCCCC(=O)O[C@H](CCCCCCCCCCC)CC(=O)OCCc1ccccc1. The first-order valence-corrected chi connectivity index (χ1v) is 17.0. The molecule has 230 valence electrons. The van der Waals surface area contributed by atoms with Crippen molar-refractivity contribution in [3.05, 3.63) is 35.9 Å². The van der Waals surface area contributed by atoms with Crippen LogP contribution in [0, 0.1) is 0 Å². The number of esters is 2. The fraction of sp³-hybridized carbons (Fsp3) is 0.778. The Hall–Kier alpha value is -1.84. The summed E-state index contributed by atoms with van der Waals surface area (Å²) in [6, 6.07) is 10.0. The Kier molecular flexibility index (Phi) is 24.7. The van der Waals surface area contributed by atoms with Gasteiger partial charge in [0.25, 0.3) is 0 Å². The van der Waals surface area contributed by atoms with E-state index in [0.717, 1.165) is 37.7 Å². The minimum Gasteiger partial charge on any atom is -0.465 e. The van der Waals surface area contributed by atoms with Gasteiger partial charge in [-0.15, -0.1) is 0 Å². The molecule has 40 heavy (non-hydrogen) atoms. The molecule has 0 aromatic heterocycles. The van der Waals surface area contributed by atoms with Gasteiger partial charge in [-0.25, -0.2) is 0 Å². The molecule has 4 heteroatoms. The molecule has 0 radical (unpaired) electrons. The van der Waals surface area contributed by atoms with Crippen LogP contribution < -0.4 is 0 Å². The zero-order valence-electron chi connectivity index (χ0n) is 26.3. The van der Waals surface area contributed by atoms with Crippen LogP contribution >= 0.6 is 0 Å². The van der Waals surface area contributed by atoms with Gasteiger partial charge in [-0.3, -0.25) is 9.59 Å². The monoisotopic (exact) mass is 558 g/mol. The first kappa shape index (κ1) is 36.2. The van der Waals surface area contributed by atoms with E-state index in [-0.39, 0.29) is 24.5 Å². The third-order valence-corrected chi connectivity index (χ3v) is 7.80. The summed E-state index contributed by atoms with van der Waals surface area (Å²) in [5.41, 5.74) is 1.15. The maximum absolute atomic E-state index is 12.6. The fourth-order valence-electron chi connectivity index (χ4n) is 5.24. The van der Waals surface area contributed by atoms with Crippen LogP contribution in [0.25, 0.3) is 0 Å². The lowest BCUT2D eigenvalue weighted by Gasteiger charge is -2.17. The molecule has 1 aromatic rings. The molecule has 0 aliphatic carbocycles. The Bertz CT molecular complexity index is 702. The van der Waals surface area contributed by atoms with Crippen molar-refractivity contribution < 1.29 is 19.1 Å². The lowest BCUT2D eigenvalue weighted by molar-refractivity contribution is -0.155. The molecule has 0 heterocycles. The molecular formula is C36H62O4. The average molecular weight is 559 g/mol. The molecule has 0 saturated heterocycles. The zero-order valence-corrected chi connectivity index (χ0v) is 26.3. The molecule has 0 unspecified atom stereocenters. The number of unbranched alkanes of at least 4 members (excludes halogenated alkanes) is 18. The smallest absolute Gasteiger partial charge is 0.309 e. The quantitative estimate of drug-likeness (QED) is 0.0758. The largest absolute Gasteiger partial charge is 0.465 e. The molecule has 0 N–H and O–H groups in total. The molecule has 0 bridgehead atoms. The van der Waals surface area contributed by atoms with Crippen molar-refractivity contribution in [2.45, 2.75) is 174 Å². The fourth-order valence-corrected chi connectivity index (χ4v) is 5.24. The van der Waals surface area contributed by atoms with Crippen LogP contribution in [0.1, 0.15) is 167 Å². The number of hydrogen-bond donors (Lipinski definition) is 0. The second kappa shape index (κ2) is 27.3. The third kappa shape index (κ3) is 22.9. The van der Waals surface area contributed by atoms with E-state index < -0.39 is 0 Å². The van der Waals surface area contributed by atoms with E-state index in [1.54, 1.807) is 0 Å². The van der Waals surface area contributed by atoms with E-state index in [4.69, 9.17) is 9.47 Å². The Labute approximate surface area is 247 Å². The highest BCUT2D eigenvalue weighted by Crippen LogP contribution is 2.17. The number of carbonyl (C=O) groups is 2. The second-order valence-corrected chi connectivity index (χ2v) is 11.7. The van der Waals surface area contributed by atoms with Crippen molar-refractivity contribution >= 4 is 11.9 Å². The van der Waals surface area contributed by atoms with Gasteiger partial charge in [0.2, 0.25) is 0 Å². The molecule has 1 aromatic carbocycles. The Morgan fingerprint density at radius 3 is 1.60 bits per heavy atom. The first-order chi connectivity index (χ1) is 19.7. The number of ether oxygens (including phenoxy) is 2. The summed E-state index contributed by atoms with van der Waals surface area (Å²) in [7, 11) is 0. The van der Waals surface area contributed by atoms with Gasteiger partial charge in [0, 0.05) is 12.8 Å². The van der Waals surface area contributed by atoms with Gasteiger partial charge >= 0.3 is 11.9 Å². The number of hydrogen-bond acceptors (Lipinski definition) is 4. The van der Waals surface area contributed by atoms with E-state index in [9.17, 15) is 9.59 Å². The van der Waals surface area contributed by atoms with Crippen LogP contribution in [0.5, 0.6) is 0 Å². The molecule has 0 saturated carbocycles. The molecule has 0 aliphatic rings. The second-order valence-electron chi connectivity index (χ2n) is 11.7.